The fraction of sp³-hybridized carbons (Fsp3) is 0.188. The molecule has 2 aromatic heterocycles. The van der Waals surface area contributed by atoms with E-state index in [1.165, 1.54) is 11.8 Å². The third-order valence-corrected chi connectivity index (χ3v) is 4.44. The van der Waals surface area contributed by atoms with Crippen LogP contribution in [0.4, 0.5) is 0 Å². The van der Waals surface area contributed by atoms with Gasteiger partial charge in [-0.1, -0.05) is 11.8 Å². The van der Waals surface area contributed by atoms with Crippen LogP contribution in [-0.2, 0) is 12.8 Å². The minimum atomic E-state index is 0.620. The molecule has 0 atom stereocenters. The van der Waals surface area contributed by atoms with Crippen LogP contribution in [0.15, 0.2) is 46.2 Å². The van der Waals surface area contributed by atoms with E-state index >= 15 is 0 Å². The summed E-state index contributed by atoms with van der Waals surface area (Å²) in [5, 5.41) is 9.11. The Kier molecular flexibility index (Phi) is 4.47. The maximum absolute atomic E-state index is 10.9. The number of carbonyl (C=O) groups excluding carboxylic acids is 1. The van der Waals surface area contributed by atoms with Gasteiger partial charge in [-0.3, -0.25) is 4.79 Å². The average Bonchev–Trinajstić information content (AvgIpc) is 3.22. The van der Waals surface area contributed by atoms with Crippen LogP contribution in [0, 0.1) is 0 Å². The summed E-state index contributed by atoms with van der Waals surface area (Å²) in [6.45, 7) is 0. The van der Waals surface area contributed by atoms with Gasteiger partial charge in [0.2, 0.25) is 0 Å². The van der Waals surface area contributed by atoms with Crippen LogP contribution < -0.4 is 4.74 Å². The lowest BCUT2D eigenvalue weighted by Gasteiger charge is -2.08. The highest BCUT2D eigenvalue weighted by atomic mass is 32.2. The maximum atomic E-state index is 10.9. The summed E-state index contributed by atoms with van der Waals surface area (Å²) in [6.07, 6.45) is 2.43. The summed E-state index contributed by atoms with van der Waals surface area (Å²) in [7, 11) is 3.50. The summed E-state index contributed by atoms with van der Waals surface area (Å²) in [5.41, 5.74) is 1.56. The molecule has 0 unspecified atom stereocenters. The quantitative estimate of drug-likeness (QED) is 0.511. The van der Waals surface area contributed by atoms with Gasteiger partial charge in [0.1, 0.15) is 12.0 Å². The number of rotatable bonds is 6. The summed E-state index contributed by atoms with van der Waals surface area (Å²) >= 11 is 1.52. The highest BCUT2D eigenvalue weighted by molar-refractivity contribution is 7.98. The lowest BCUT2D eigenvalue weighted by atomic mass is 10.1. The molecule has 0 saturated carbocycles. The second-order valence-corrected chi connectivity index (χ2v) is 5.76. The Balaban J connectivity index is 1.80. The number of nitrogens with zero attached hydrogens (tertiary/aromatic N) is 3. The number of hydrogen-bond donors (Lipinski definition) is 0. The first-order chi connectivity index (χ1) is 11.2. The van der Waals surface area contributed by atoms with Gasteiger partial charge in [0.15, 0.2) is 16.7 Å². The van der Waals surface area contributed by atoms with E-state index in [1.807, 2.05) is 29.8 Å². The molecular formula is C16H15N3O3S. The molecule has 23 heavy (non-hydrogen) atoms. The maximum Gasteiger partial charge on any atom is 0.200 e. The zero-order chi connectivity index (χ0) is 16.2. The van der Waals surface area contributed by atoms with Crippen LogP contribution in [0.5, 0.6) is 5.75 Å². The molecule has 118 valence electrons. The molecule has 0 aliphatic carbocycles. The molecule has 0 bridgehead atoms. The second-order valence-electron chi connectivity index (χ2n) is 4.82. The Morgan fingerprint density at radius 1 is 1.35 bits per heavy atom. The Bertz CT molecular complexity index is 812. The third-order valence-electron chi connectivity index (χ3n) is 3.37. The van der Waals surface area contributed by atoms with E-state index in [2.05, 4.69) is 10.2 Å². The van der Waals surface area contributed by atoms with Crippen molar-refractivity contribution in [2.45, 2.75) is 10.9 Å². The predicted molar refractivity (Wildman–Crippen MR) is 86.6 cm³/mol. The van der Waals surface area contributed by atoms with Crippen LogP contribution in [0.3, 0.4) is 0 Å². The normalized spacial score (nSPS) is 10.7. The highest BCUT2D eigenvalue weighted by Crippen LogP contribution is 2.29. The number of thioether (sulfide) groups is 1. The van der Waals surface area contributed by atoms with Gasteiger partial charge in [-0.15, -0.1) is 10.2 Å². The lowest BCUT2D eigenvalue weighted by Crippen LogP contribution is -1.96. The SMILES string of the molecule is COc1ccc(C=O)cc1CSc1nnc(-c2ccco2)n1C. The van der Waals surface area contributed by atoms with Crippen molar-refractivity contribution in [3.63, 3.8) is 0 Å². The van der Waals surface area contributed by atoms with Crippen molar-refractivity contribution >= 4 is 18.0 Å². The van der Waals surface area contributed by atoms with Crippen molar-refractivity contribution in [1.82, 2.24) is 14.8 Å². The van der Waals surface area contributed by atoms with E-state index in [1.54, 1.807) is 25.5 Å². The van der Waals surface area contributed by atoms with E-state index in [0.29, 0.717) is 22.9 Å². The number of aldehydes is 1. The van der Waals surface area contributed by atoms with Crippen molar-refractivity contribution in [3.05, 3.63) is 47.7 Å². The predicted octanol–water partition coefficient (Wildman–Crippen LogP) is 3.19. The van der Waals surface area contributed by atoms with Crippen LogP contribution in [0.25, 0.3) is 11.6 Å². The molecule has 0 amide bonds. The first-order valence-electron chi connectivity index (χ1n) is 6.91. The summed E-state index contributed by atoms with van der Waals surface area (Å²) < 4.78 is 12.6. The van der Waals surface area contributed by atoms with Crippen LogP contribution in [-0.4, -0.2) is 28.2 Å². The summed E-state index contributed by atoms with van der Waals surface area (Å²) in [5.74, 6) is 2.71. The molecule has 0 fully saturated rings. The molecule has 6 nitrogen and oxygen atoms in total. The number of methoxy groups -OCH3 is 1. The number of hydrogen-bond acceptors (Lipinski definition) is 6. The monoisotopic (exact) mass is 329 g/mol. The molecule has 2 heterocycles. The molecular weight excluding hydrogens is 314 g/mol. The van der Waals surface area contributed by atoms with E-state index in [0.717, 1.165) is 22.8 Å². The zero-order valence-electron chi connectivity index (χ0n) is 12.7. The number of carbonyl (C=O) groups is 1. The Hall–Kier alpha value is -2.54. The molecule has 3 aromatic rings. The van der Waals surface area contributed by atoms with E-state index < -0.39 is 0 Å². The average molecular weight is 329 g/mol. The van der Waals surface area contributed by atoms with Crippen molar-refractivity contribution in [2.24, 2.45) is 7.05 Å². The Morgan fingerprint density at radius 2 is 2.22 bits per heavy atom. The lowest BCUT2D eigenvalue weighted by molar-refractivity contribution is 0.112. The Labute approximate surface area is 137 Å². The fourth-order valence-electron chi connectivity index (χ4n) is 2.19. The fourth-order valence-corrected chi connectivity index (χ4v) is 3.08. The van der Waals surface area contributed by atoms with E-state index in [4.69, 9.17) is 9.15 Å². The first kappa shape index (κ1) is 15.4. The Morgan fingerprint density at radius 3 is 2.91 bits per heavy atom. The second kappa shape index (κ2) is 6.70. The van der Waals surface area contributed by atoms with Crippen LogP contribution in [0.2, 0.25) is 0 Å². The third kappa shape index (κ3) is 3.14. The van der Waals surface area contributed by atoms with Crippen LogP contribution >= 0.6 is 11.8 Å². The van der Waals surface area contributed by atoms with Gasteiger partial charge in [0.05, 0.1) is 13.4 Å². The van der Waals surface area contributed by atoms with Crippen molar-refractivity contribution < 1.29 is 13.9 Å². The minimum absolute atomic E-state index is 0.620. The van der Waals surface area contributed by atoms with Gasteiger partial charge in [-0.2, -0.15) is 0 Å². The molecule has 0 N–H and O–H groups in total. The minimum Gasteiger partial charge on any atom is -0.496 e. The molecule has 0 aliphatic heterocycles. The number of furan rings is 1. The summed E-state index contributed by atoms with van der Waals surface area (Å²) in [4.78, 5) is 10.9. The van der Waals surface area contributed by atoms with E-state index in [9.17, 15) is 4.79 Å². The first-order valence-corrected chi connectivity index (χ1v) is 7.89. The van der Waals surface area contributed by atoms with Crippen molar-refractivity contribution in [1.29, 1.82) is 0 Å². The van der Waals surface area contributed by atoms with Gasteiger partial charge in [0.25, 0.3) is 0 Å². The molecule has 7 heteroatoms. The van der Waals surface area contributed by atoms with Crippen molar-refractivity contribution in [2.75, 3.05) is 7.11 Å². The van der Waals surface area contributed by atoms with Crippen LogP contribution in [0.1, 0.15) is 15.9 Å². The largest absolute Gasteiger partial charge is 0.496 e. The summed E-state index contributed by atoms with van der Waals surface area (Å²) in [6, 6.07) is 9.01. The van der Waals surface area contributed by atoms with E-state index in [-0.39, 0.29) is 0 Å². The zero-order valence-corrected chi connectivity index (χ0v) is 13.5. The molecule has 0 aliphatic rings. The highest BCUT2D eigenvalue weighted by Gasteiger charge is 2.14. The van der Waals surface area contributed by atoms with Gasteiger partial charge >= 0.3 is 0 Å². The molecule has 0 spiro atoms. The molecule has 0 radical (unpaired) electrons. The standard InChI is InChI=1S/C16H15N3O3S/c1-19-15(14-4-3-7-22-14)17-18-16(19)23-10-12-8-11(9-20)5-6-13(12)21-2/h3-9H,10H2,1-2H3. The van der Waals surface area contributed by atoms with Crippen molar-refractivity contribution in [3.8, 4) is 17.3 Å². The number of aromatic nitrogens is 3. The van der Waals surface area contributed by atoms with Gasteiger partial charge in [-0.05, 0) is 30.3 Å². The topological polar surface area (TPSA) is 70.2 Å². The van der Waals surface area contributed by atoms with Gasteiger partial charge in [-0.25, -0.2) is 0 Å². The molecule has 1 aromatic carbocycles. The van der Waals surface area contributed by atoms with Gasteiger partial charge in [0, 0.05) is 23.9 Å². The molecule has 0 saturated heterocycles. The molecule has 3 rings (SSSR count). The van der Waals surface area contributed by atoms with Gasteiger partial charge < -0.3 is 13.7 Å². The number of benzene rings is 1. The smallest absolute Gasteiger partial charge is 0.200 e. The number of ether oxygens (including phenoxy) is 1.